The highest BCUT2D eigenvalue weighted by Gasteiger charge is 2.19. The molecule has 2 heterocycles. The van der Waals surface area contributed by atoms with Gasteiger partial charge in [0.05, 0.1) is 15.6 Å². The Bertz CT molecular complexity index is 475. The van der Waals surface area contributed by atoms with Gasteiger partial charge in [-0.25, -0.2) is 9.97 Å². The summed E-state index contributed by atoms with van der Waals surface area (Å²) in [6.45, 7) is 3.84. The molecule has 0 aliphatic rings. The maximum Gasteiger partial charge on any atom is 0.148 e. The molecule has 0 radical (unpaired) electrons. The zero-order chi connectivity index (χ0) is 11.0. The molecule has 0 bridgehead atoms. The number of aromatic nitrogens is 3. The quantitative estimate of drug-likeness (QED) is 0.841. The maximum atomic E-state index is 10.1. The van der Waals surface area contributed by atoms with Crippen LogP contribution in [0.15, 0.2) is 12.4 Å². The number of nitrogens with zero attached hydrogens (tertiary/aromatic N) is 3. The molecule has 1 unspecified atom stereocenters. The van der Waals surface area contributed by atoms with Crippen LogP contribution in [0.2, 0.25) is 0 Å². The largest absolute Gasteiger partial charge is 0.379 e. The van der Waals surface area contributed by atoms with Crippen molar-refractivity contribution in [1.29, 1.82) is 0 Å². The molecule has 0 fully saturated rings. The second-order valence-corrected chi connectivity index (χ2v) is 4.72. The van der Waals surface area contributed by atoms with Crippen molar-refractivity contribution in [3.05, 3.63) is 33.8 Å². The van der Waals surface area contributed by atoms with Crippen molar-refractivity contribution < 1.29 is 5.11 Å². The average molecular weight is 223 g/mol. The SMILES string of the molecule is Cc1nc(C)c(C(O)c2nccn2C)s1. The van der Waals surface area contributed by atoms with Gasteiger partial charge in [0.2, 0.25) is 0 Å². The van der Waals surface area contributed by atoms with Crippen LogP contribution in [0.4, 0.5) is 0 Å². The van der Waals surface area contributed by atoms with Crippen molar-refractivity contribution in [2.24, 2.45) is 7.05 Å². The molecule has 5 heteroatoms. The van der Waals surface area contributed by atoms with E-state index in [0.717, 1.165) is 15.6 Å². The fourth-order valence-corrected chi connectivity index (χ4v) is 2.47. The number of imidazole rings is 1. The minimum atomic E-state index is -0.670. The summed E-state index contributed by atoms with van der Waals surface area (Å²) in [6.07, 6.45) is 2.83. The molecule has 15 heavy (non-hydrogen) atoms. The highest BCUT2D eigenvalue weighted by molar-refractivity contribution is 7.11. The highest BCUT2D eigenvalue weighted by atomic mass is 32.1. The van der Waals surface area contributed by atoms with Crippen molar-refractivity contribution in [1.82, 2.24) is 14.5 Å². The van der Waals surface area contributed by atoms with Gasteiger partial charge < -0.3 is 9.67 Å². The van der Waals surface area contributed by atoms with Crippen LogP contribution in [-0.2, 0) is 7.05 Å². The molecule has 80 valence electrons. The van der Waals surface area contributed by atoms with Gasteiger partial charge in [-0.05, 0) is 13.8 Å². The fourth-order valence-electron chi connectivity index (χ4n) is 1.56. The van der Waals surface area contributed by atoms with E-state index in [9.17, 15) is 5.11 Å². The van der Waals surface area contributed by atoms with Crippen LogP contribution in [0.1, 0.15) is 27.5 Å². The Hall–Kier alpha value is -1.20. The lowest BCUT2D eigenvalue weighted by Gasteiger charge is -2.08. The van der Waals surface area contributed by atoms with Gasteiger partial charge in [0.1, 0.15) is 11.9 Å². The fraction of sp³-hybridized carbons (Fsp3) is 0.400. The normalized spacial score (nSPS) is 13.1. The van der Waals surface area contributed by atoms with Crippen molar-refractivity contribution in [2.45, 2.75) is 20.0 Å². The van der Waals surface area contributed by atoms with E-state index < -0.39 is 6.10 Å². The number of thiazole rings is 1. The summed E-state index contributed by atoms with van der Waals surface area (Å²) in [4.78, 5) is 9.30. The average Bonchev–Trinajstić information content (AvgIpc) is 2.71. The Morgan fingerprint density at radius 2 is 2.20 bits per heavy atom. The van der Waals surface area contributed by atoms with E-state index in [1.54, 1.807) is 6.20 Å². The molecule has 0 amide bonds. The number of hydrogen-bond donors (Lipinski definition) is 1. The van der Waals surface area contributed by atoms with E-state index >= 15 is 0 Å². The first kappa shape index (κ1) is 10.3. The van der Waals surface area contributed by atoms with Gasteiger partial charge in [-0.1, -0.05) is 0 Å². The molecule has 2 rings (SSSR count). The number of rotatable bonds is 2. The molecule has 2 aromatic heterocycles. The first-order valence-corrected chi connectivity index (χ1v) is 5.50. The van der Waals surface area contributed by atoms with Crippen molar-refractivity contribution >= 4 is 11.3 Å². The second kappa shape index (κ2) is 3.75. The molecule has 2 aromatic rings. The van der Waals surface area contributed by atoms with E-state index in [0.29, 0.717) is 5.82 Å². The molecular weight excluding hydrogens is 210 g/mol. The van der Waals surface area contributed by atoms with Gasteiger partial charge in [-0.2, -0.15) is 0 Å². The lowest BCUT2D eigenvalue weighted by atomic mass is 10.2. The van der Waals surface area contributed by atoms with Gasteiger partial charge in [-0.3, -0.25) is 0 Å². The second-order valence-electron chi connectivity index (χ2n) is 3.48. The molecule has 0 saturated carbocycles. The number of aliphatic hydroxyl groups is 1. The van der Waals surface area contributed by atoms with Crippen LogP contribution in [0.3, 0.4) is 0 Å². The van der Waals surface area contributed by atoms with E-state index in [1.165, 1.54) is 11.3 Å². The molecule has 0 aliphatic carbocycles. The third-order valence-corrected chi connectivity index (χ3v) is 3.42. The highest BCUT2D eigenvalue weighted by Crippen LogP contribution is 2.28. The van der Waals surface area contributed by atoms with E-state index in [1.807, 2.05) is 31.7 Å². The van der Waals surface area contributed by atoms with Gasteiger partial charge >= 0.3 is 0 Å². The first-order chi connectivity index (χ1) is 7.09. The summed E-state index contributed by atoms with van der Waals surface area (Å²) in [6, 6.07) is 0. The summed E-state index contributed by atoms with van der Waals surface area (Å²) >= 11 is 1.51. The van der Waals surface area contributed by atoms with Crippen LogP contribution >= 0.6 is 11.3 Å². The van der Waals surface area contributed by atoms with Crippen LogP contribution in [0.25, 0.3) is 0 Å². The smallest absolute Gasteiger partial charge is 0.148 e. The number of hydrogen-bond acceptors (Lipinski definition) is 4. The number of aryl methyl sites for hydroxylation is 3. The van der Waals surface area contributed by atoms with Gasteiger partial charge in [-0.15, -0.1) is 11.3 Å². The lowest BCUT2D eigenvalue weighted by molar-refractivity contribution is 0.209. The summed E-state index contributed by atoms with van der Waals surface area (Å²) < 4.78 is 1.82. The van der Waals surface area contributed by atoms with Gasteiger partial charge in [0.25, 0.3) is 0 Å². The number of aliphatic hydroxyl groups excluding tert-OH is 1. The summed E-state index contributed by atoms with van der Waals surface area (Å²) in [7, 11) is 1.87. The Balaban J connectivity index is 2.40. The zero-order valence-corrected chi connectivity index (χ0v) is 9.75. The minimum absolute atomic E-state index is 0.654. The van der Waals surface area contributed by atoms with E-state index in [4.69, 9.17) is 0 Å². The van der Waals surface area contributed by atoms with Crippen molar-refractivity contribution in [3.63, 3.8) is 0 Å². The Morgan fingerprint density at radius 1 is 1.47 bits per heavy atom. The monoisotopic (exact) mass is 223 g/mol. The van der Waals surface area contributed by atoms with Gasteiger partial charge in [0.15, 0.2) is 0 Å². The summed E-state index contributed by atoms with van der Waals surface area (Å²) in [5, 5.41) is 11.1. The summed E-state index contributed by atoms with van der Waals surface area (Å²) in [5.74, 6) is 0.654. The predicted molar refractivity (Wildman–Crippen MR) is 58.9 cm³/mol. The van der Waals surface area contributed by atoms with Crippen LogP contribution in [0.5, 0.6) is 0 Å². The van der Waals surface area contributed by atoms with Crippen LogP contribution in [-0.4, -0.2) is 19.6 Å². The van der Waals surface area contributed by atoms with Crippen molar-refractivity contribution in [2.75, 3.05) is 0 Å². The first-order valence-electron chi connectivity index (χ1n) is 4.69. The molecule has 0 spiro atoms. The predicted octanol–water partition coefficient (Wildman–Crippen LogP) is 1.58. The third-order valence-electron chi connectivity index (χ3n) is 2.29. The molecule has 1 atom stereocenters. The molecule has 0 saturated heterocycles. The van der Waals surface area contributed by atoms with Gasteiger partial charge in [0, 0.05) is 19.4 Å². The lowest BCUT2D eigenvalue weighted by Crippen LogP contribution is -2.06. The van der Waals surface area contributed by atoms with Crippen LogP contribution in [0, 0.1) is 13.8 Å². The Kier molecular flexibility index (Phi) is 2.58. The molecule has 1 N–H and O–H groups in total. The molecule has 0 aliphatic heterocycles. The standard InChI is InChI=1S/C10H13N3OS/c1-6-9(15-7(2)12-6)8(14)10-11-4-5-13(10)3/h4-5,8,14H,1-3H3. The maximum absolute atomic E-state index is 10.1. The summed E-state index contributed by atoms with van der Waals surface area (Å²) in [5.41, 5.74) is 0.882. The zero-order valence-electron chi connectivity index (χ0n) is 8.93. The Morgan fingerprint density at radius 3 is 2.67 bits per heavy atom. The molecular formula is C10H13N3OS. The van der Waals surface area contributed by atoms with E-state index in [2.05, 4.69) is 9.97 Å². The van der Waals surface area contributed by atoms with Crippen molar-refractivity contribution in [3.8, 4) is 0 Å². The molecule has 4 nitrogen and oxygen atoms in total. The topological polar surface area (TPSA) is 50.9 Å². The third kappa shape index (κ3) is 1.80. The Labute approximate surface area is 92.2 Å². The van der Waals surface area contributed by atoms with E-state index in [-0.39, 0.29) is 0 Å². The minimum Gasteiger partial charge on any atom is -0.379 e. The molecule has 0 aromatic carbocycles. The van der Waals surface area contributed by atoms with Crippen LogP contribution < -0.4 is 0 Å².